The molecule has 0 aliphatic carbocycles. The minimum atomic E-state index is -0.680. The highest BCUT2D eigenvalue weighted by atomic mass is 16.5. The molecule has 4 heteroatoms. The molecule has 124 valence electrons. The average Bonchev–Trinajstić information content (AvgIpc) is 3.00. The molecule has 0 spiro atoms. The Hall–Kier alpha value is -2.62. The van der Waals surface area contributed by atoms with Crippen LogP contribution in [0.4, 0.5) is 0 Å². The molecule has 3 rings (SSSR count). The van der Waals surface area contributed by atoms with Gasteiger partial charge in [-0.15, -0.1) is 0 Å². The maximum atomic E-state index is 5.75. The molecule has 0 aromatic heterocycles. The molecule has 0 bridgehead atoms. The van der Waals surface area contributed by atoms with Gasteiger partial charge in [-0.2, -0.15) is 0 Å². The van der Waals surface area contributed by atoms with E-state index >= 15 is 0 Å². The zero-order valence-electron chi connectivity index (χ0n) is 14.3. The summed E-state index contributed by atoms with van der Waals surface area (Å²) >= 11 is 0. The van der Waals surface area contributed by atoms with Gasteiger partial charge in [-0.05, 0) is 39.0 Å². The van der Waals surface area contributed by atoms with Crippen molar-refractivity contribution in [3.05, 3.63) is 59.7 Å². The van der Waals surface area contributed by atoms with E-state index in [1.165, 1.54) is 0 Å². The van der Waals surface area contributed by atoms with Crippen molar-refractivity contribution >= 4 is 11.9 Å². The van der Waals surface area contributed by atoms with Crippen LogP contribution in [0.5, 0.6) is 11.5 Å². The summed E-state index contributed by atoms with van der Waals surface area (Å²) in [6.45, 7) is 7.18. The first-order valence-corrected chi connectivity index (χ1v) is 8.27. The molecule has 1 heterocycles. The monoisotopic (exact) mass is 322 g/mol. The van der Waals surface area contributed by atoms with Crippen LogP contribution in [0.15, 0.2) is 58.5 Å². The van der Waals surface area contributed by atoms with Crippen LogP contribution in [-0.2, 0) is 5.66 Å². The molecule has 0 fully saturated rings. The number of para-hydroxylation sites is 2. The highest BCUT2D eigenvalue weighted by Crippen LogP contribution is 2.37. The van der Waals surface area contributed by atoms with Crippen molar-refractivity contribution in [2.24, 2.45) is 9.98 Å². The van der Waals surface area contributed by atoms with Crippen LogP contribution in [0, 0.1) is 0 Å². The fraction of sp³-hybridized carbons (Fsp3) is 0.300. The molecule has 0 N–H and O–H groups in total. The van der Waals surface area contributed by atoms with Crippen molar-refractivity contribution < 1.29 is 9.47 Å². The van der Waals surface area contributed by atoms with Gasteiger partial charge in [0.15, 0.2) is 5.66 Å². The molecule has 1 unspecified atom stereocenters. The predicted octanol–water partition coefficient (Wildman–Crippen LogP) is 4.23. The number of hydrogen-bond donors (Lipinski definition) is 0. The fourth-order valence-corrected chi connectivity index (χ4v) is 2.84. The van der Waals surface area contributed by atoms with Gasteiger partial charge in [0.2, 0.25) is 0 Å². The Morgan fingerprint density at radius 3 is 2.25 bits per heavy atom. The lowest BCUT2D eigenvalue weighted by Gasteiger charge is -2.21. The van der Waals surface area contributed by atoms with Gasteiger partial charge in [0.1, 0.15) is 11.5 Å². The number of nitrogens with zero attached hydrogens (tertiary/aromatic N) is 2. The molecule has 0 radical (unpaired) electrons. The van der Waals surface area contributed by atoms with Gasteiger partial charge in [-0.1, -0.05) is 30.3 Å². The Morgan fingerprint density at radius 1 is 0.875 bits per heavy atom. The molecule has 0 saturated carbocycles. The maximum absolute atomic E-state index is 5.75. The van der Waals surface area contributed by atoms with Gasteiger partial charge in [0.25, 0.3) is 0 Å². The van der Waals surface area contributed by atoms with Crippen LogP contribution in [0.1, 0.15) is 31.9 Å². The van der Waals surface area contributed by atoms with Gasteiger partial charge in [-0.3, -0.25) is 4.99 Å². The second-order valence-corrected chi connectivity index (χ2v) is 5.63. The van der Waals surface area contributed by atoms with E-state index in [4.69, 9.17) is 14.5 Å². The van der Waals surface area contributed by atoms with Gasteiger partial charge in [0.05, 0.1) is 25.1 Å². The van der Waals surface area contributed by atoms with Crippen molar-refractivity contribution in [2.75, 3.05) is 13.2 Å². The molecule has 0 saturated heterocycles. The summed E-state index contributed by atoms with van der Waals surface area (Å²) in [7, 11) is 0. The largest absolute Gasteiger partial charge is 0.493 e. The zero-order valence-corrected chi connectivity index (χ0v) is 14.3. The number of benzene rings is 2. The number of aliphatic imine (C=N–C) groups is 2. The first-order chi connectivity index (χ1) is 11.7. The van der Waals surface area contributed by atoms with E-state index in [-0.39, 0.29) is 0 Å². The molecule has 1 aliphatic rings. The minimum Gasteiger partial charge on any atom is -0.493 e. The summed E-state index contributed by atoms with van der Waals surface area (Å²) in [4.78, 5) is 9.56. The smallest absolute Gasteiger partial charge is 0.177 e. The number of hydrogen-bond acceptors (Lipinski definition) is 4. The molecule has 2 aromatic carbocycles. The van der Waals surface area contributed by atoms with Crippen molar-refractivity contribution in [3.8, 4) is 11.5 Å². The summed E-state index contributed by atoms with van der Waals surface area (Å²) < 4.78 is 11.5. The van der Waals surface area contributed by atoms with E-state index in [9.17, 15) is 0 Å². The average molecular weight is 322 g/mol. The predicted molar refractivity (Wildman–Crippen MR) is 97.6 cm³/mol. The fourth-order valence-electron chi connectivity index (χ4n) is 2.84. The summed E-state index contributed by atoms with van der Waals surface area (Å²) in [5.74, 6) is 1.65. The third-order valence-electron chi connectivity index (χ3n) is 3.94. The van der Waals surface area contributed by atoms with Gasteiger partial charge in [0, 0.05) is 11.1 Å². The topological polar surface area (TPSA) is 43.2 Å². The van der Waals surface area contributed by atoms with E-state index in [1.807, 2.05) is 75.5 Å². The standard InChI is InChI=1S/C20H22N2O2/c1-4-23-18-12-8-6-10-15(18)17-14-21-20(3,22-17)16-11-7-9-13-19(16)24-5-2/h6-14H,4-5H2,1-3H3. The van der Waals surface area contributed by atoms with E-state index in [2.05, 4.69) is 4.99 Å². The normalized spacial score (nSPS) is 19.2. The summed E-state index contributed by atoms with van der Waals surface area (Å²) in [6, 6.07) is 15.8. The van der Waals surface area contributed by atoms with E-state index < -0.39 is 5.66 Å². The lowest BCUT2D eigenvalue weighted by Crippen LogP contribution is -2.16. The van der Waals surface area contributed by atoms with Crippen molar-refractivity contribution in [3.63, 3.8) is 0 Å². The van der Waals surface area contributed by atoms with Crippen LogP contribution in [-0.4, -0.2) is 25.1 Å². The van der Waals surface area contributed by atoms with E-state index in [0.29, 0.717) is 13.2 Å². The summed E-state index contributed by atoms with van der Waals surface area (Å²) in [6.07, 6.45) is 1.82. The molecule has 4 nitrogen and oxygen atoms in total. The molecule has 24 heavy (non-hydrogen) atoms. The first kappa shape index (κ1) is 16.2. The quantitative estimate of drug-likeness (QED) is 0.799. The van der Waals surface area contributed by atoms with Gasteiger partial charge < -0.3 is 9.47 Å². The molecule has 1 aliphatic heterocycles. The molecule has 0 amide bonds. The SMILES string of the molecule is CCOc1ccccc1C1=NC(C)(c2ccccc2OCC)N=C1. The minimum absolute atomic E-state index is 0.612. The second kappa shape index (κ2) is 6.87. The lowest BCUT2D eigenvalue weighted by molar-refractivity contribution is 0.328. The summed E-state index contributed by atoms with van der Waals surface area (Å²) in [5, 5.41) is 0. The highest BCUT2D eigenvalue weighted by Gasteiger charge is 2.32. The van der Waals surface area contributed by atoms with Gasteiger partial charge >= 0.3 is 0 Å². The second-order valence-electron chi connectivity index (χ2n) is 5.63. The molecular weight excluding hydrogens is 300 g/mol. The van der Waals surface area contributed by atoms with E-state index in [1.54, 1.807) is 0 Å². The Bertz CT molecular complexity index is 783. The Morgan fingerprint density at radius 2 is 1.50 bits per heavy atom. The number of rotatable bonds is 6. The first-order valence-electron chi connectivity index (χ1n) is 8.27. The number of ether oxygens (including phenoxy) is 2. The van der Waals surface area contributed by atoms with Crippen molar-refractivity contribution in [1.82, 2.24) is 0 Å². The third kappa shape index (κ3) is 3.04. The van der Waals surface area contributed by atoms with Crippen molar-refractivity contribution in [1.29, 1.82) is 0 Å². The Balaban J connectivity index is 2.01. The maximum Gasteiger partial charge on any atom is 0.177 e. The third-order valence-corrected chi connectivity index (χ3v) is 3.94. The van der Waals surface area contributed by atoms with E-state index in [0.717, 1.165) is 28.3 Å². The molecular formula is C20H22N2O2. The van der Waals surface area contributed by atoms with Crippen LogP contribution < -0.4 is 9.47 Å². The molecule has 1 atom stereocenters. The lowest BCUT2D eigenvalue weighted by atomic mass is 10.0. The van der Waals surface area contributed by atoms with Gasteiger partial charge in [-0.25, -0.2) is 4.99 Å². The van der Waals surface area contributed by atoms with Crippen molar-refractivity contribution in [2.45, 2.75) is 26.4 Å². The van der Waals surface area contributed by atoms with Crippen LogP contribution in [0.25, 0.3) is 0 Å². The molecule has 2 aromatic rings. The van der Waals surface area contributed by atoms with Crippen LogP contribution in [0.3, 0.4) is 0 Å². The van der Waals surface area contributed by atoms with Crippen LogP contribution >= 0.6 is 0 Å². The Kier molecular flexibility index (Phi) is 4.65. The summed E-state index contributed by atoms with van der Waals surface area (Å²) in [5.41, 5.74) is 2.07. The zero-order chi connectivity index (χ0) is 17.0. The Labute approximate surface area is 142 Å². The highest BCUT2D eigenvalue weighted by molar-refractivity contribution is 6.40. The van der Waals surface area contributed by atoms with Crippen LogP contribution in [0.2, 0.25) is 0 Å².